The molecule has 2 aromatic rings. The van der Waals surface area contributed by atoms with Crippen LogP contribution in [0.4, 0.5) is 11.4 Å². The van der Waals surface area contributed by atoms with Gasteiger partial charge in [0, 0.05) is 61.3 Å². The van der Waals surface area contributed by atoms with Crippen LogP contribution in [0.25, 0.3) is 11.6 Å². The number of H-pyrrole nitrogens is 1. The molecule has 0 aliphatic carbocycles. The summed E-state index contributed by atoms with van der Waals surface area (Å²) in [6.45, 7) is 11.8. The molecular formula is C25H31N5O3. The number of aromatic amines is 1. The molecule has 0 fully saturated rings. The summed E-state index contributed by atoms with van der Waals surface area (Å²) in [6, 6.07) is 5.33. The highest BCUT2D eigenvalue weighted by molar-refractivity contribution is 6.35. The lowest BCUT2D eigenvalue weighted by Crippen LogP contribution is -2.42. The fourth-order valence-electron chi connectivity index (χ4n) is 4.58. The van der Waals surface area contributed by atoms with Crippen LogP contribution in [0, 0.1) is 6.92 Å². The van der Waals surface area contributed by atoms with Crippen molar-refractivity contribution in [3.05, 3.63) is 46.3 Å². The summed E-state index contributed by atoms with van der Waals surface area (Å²) in [7, 11) is 0. The number of rotatable bonds is 7. The fourth-order valence-corrected chi connectivity index (χ4v) is 4.58. The van der Waals surface area contributed by atoms with E-state index in [2.05, 4.69) is 34.4 Å². The standard InChI is InChI=1S/C25H31N5O3/c1-5-29(6-2)11-12-30-10-9-21-23(25(30)33)15(3)22(27-21)14-19-18-13-17(26-16(4)31)7-8-20(18)28-24(19)32/h7-8,13-14,27H,5-6,9-12H2,1-4H3,(H,26,31)(H,28,32)/b19-14-. The van der Waals surface area contributed by atoms with Crippen molar-refractivity contribution in [3.63, 3.8) is 0 Å². The summed E-state index contributed by atoms with van der Waals surface area (Å²) in [5, 5.41) is 5.63. The molecule has 0 radical (unpaired) electrons. The lowest BCUT2D eigenvalue weighted by atomic mass is 10.0. The molecule has 0 bridgehead atoms. The van der Waals surface area contributed by atoms with E-state index < -0.39 is 0 Å². The molecule has 8 heteroatoms. The van der Waals surface area contributed by atoms with Crippen molar-refractivity contribution in [2.45, 2.75) is 34.1 Å². The first kappa shape index (κ1) is 22.8. The van der Waals surface area contributed by atoms with Gasteiger partial charge in [-0.15, -0.1) is 0 Å². The van der Waals surface area contributed by atoms with Crippen LogP contribution in [0.5, 0.6) is 0 Å². The number of benzene rings is 1. The highest BCUT2D eigenvalue weighted by Gasteiger charge is 2.30. The normalized spacial score (nSPS) is 16.3. The Morgan fingerprint density at radius 3 is 2.70 bits per heavy atom. The van der Waals surface area contributed by atoms with Gasteiger partial charge in [0.1, 0.15) is 0 Å². The molecule has 2 aliphatic rings. The number of carbonyl (C=O) groups is 3. The number of aromatic nitrogens is 1. The summed E-state index contributed by atoms with van der Waals surface area (Å²) in [6.07, 6.45) is 2.57. The van der Waals surface area contributed by atoms with Gasteiger partial charge in [-0.25, -0.2) is 0 Å². The monoisotopic (exact) mass is 449 g/mol. The lowest BCUT2D eigenvalue weighted by Gasteiger charge is -2.29. The quantitative estimate of drug-likeness (QED) is 0.566. The van der Waals surface area contributed by atoms with Gasteiger partial charge in [-0.05, 0) is 49.9 Å². The molecule has 174 valence electrons. The van der Waals surface area contributed by atoms with Gasteiger partial charge < -0.3 is 25.4 Å². The van der Waals surface area contributed by atoms with Crippen molar-refractivity contribution in [2.24, 2.45) is 0 Å². The van der Waals surface area contributed by atoms with Crippen molar-refractivity contribution in [1.29, 1.82) is 0 Å². The van der Waals surface area contributed by atoms with Crippen LogP contribution >= 0.6 is 0 Å². The van der Waals surface area contributed by atoms with Crippen molar-refractivity contribution in [2.75, 3.05) is 43.4 Å². The van der Waals surface area contributed by atoms with E-state index in [1.165, 1.54) is 6.92 Å². The van der Waals surface area contributed by atoms with Crippen LogP contribution in [0.2, 0.25) is 0 Å². The third-order valence-electron chi connectivity index (χ3n) is 6.49. The van der Waals surface area contributed by atoms with Crippen LogP contribution in [0.15, 0.2) is 18.2 Å². The first-order valence-corrected chi connectivity index (χ1v) is 11.5. The average Bonchev–Trinajstić information content (AvgIpc) is 3.26. The second-order valence-corrected chi connectivity index (χ2v) is 8.54. The Labute approximate surface area is 194 Å². The van der Waals surface area contributed by atoms with Gasteiger partial charge in [0.05, 0.1) is 11.1 Å². The SMILES string of the molecule is CCN(CC)CCN1CCc2[nH]c(/C=C3\C(=O)Nc4ccc(NC(C)=O)cc43)c(C)c2C1=O. The molecule has 0 unspecified atom stereocenters. The van der Waals surface area contributed by atoms with Crippen LogP contribution < -0.4 is 10.6 Å². The zero-order valence-electron chi connectivity index (χ0n) is 19.7. The van der Waals surface area contributed by atoms with Gasteiger partial charge in [0.25, 0.3) is 11.8 Å². The van der Waals surface area contributed by atoms with Gasteiger partial charge in [0.15, 0.2) is 0 Å². The molecule has 0 atom stereocenters. The molecule has 3 heterocycles. The van der Waals surface area contributed by atoms with Gasteiger partial charge in [-0.2, -0.15) is 0 Å². The molecule has 3 N–H and O–H groups in total. The van der Waals surface area contributed by atoms with Crippen LogP contribution in [0.3, 0.4) is 0 Å². The number of hydrogen-bond donors (Lipinski definition) is 3. The minimum atomic E-state index is -0.205. The first-order chi connectivity index (χ1) is 15.8. The molecular weight excluding hydrogens is 418 g/mol. The zero-order valence-corrected chi connectivity index (χ0v) is 19.7. The van der Waals surface area contributed by atoms with E-state index in [0.29, 0.717) is 30.0 Å². The maximum atomic E-state index is 13.2. The molecule has 4 rings (SSSR count). The number of amides is 3. The Morgan fingerprint density at radius 1 is 1.24 bits per heavy atom. The average molecular weight is 450 g/mol. The summed E-state index contributed by atoms with van der Waals surface area (Å²) < 4.78 is 0. The zero-order chi connectivity index (χ0) is 23.7. The maximum absolute atomic E-state index is 13.2. The number of hydrogen-bond acceptors (Lipinski definition) is 4. The van der Waals surface area contributed by atoms with Crippen LogP contribution in [-0.4, -0.2) is 65.2 Å². The molecule has 0 saturated carbocycles. The summed E-state index contributed by atoms with van der Waals surface area (Å²) >= 11 is 0. The summed E-state index contributed by atoms with van der Waals surface area (Å²) in [4.78, 5) is 45.0. The molecule has 0 spiro atoms. The van der Waals surface area contributed by atoms with Crippen molar-refractivity contribution in [1.82, 2.24) is 14.8 Å². The number of fused-ring (bicyclic) bond motifs is 2. The van der Waals surface area contributed by atoms with Gasteiger partial charge >= 0.3 is 0 Å². The number of nitrogens with zero attached hydrogens (tertiary/aromatic N) is 2. The van der Waals surface area contributed by atoms with Crippen LogP contribution in [0.1, 0.15) is 53.6 Å². The summed E-state index contributed by atoms with van der Waals surface area (Å²) in [5.41, 5.74) is 5.83. The lowest BCUT2D eigenvalue weighted by molar-refractivity contribution is -0.114. The number of likely N-dealkylation sites (N-methyl/N-ethyl adjacent to an activating group) is 1. The number of anilines is 2. The molecule has 0 saturated heterocycles. The predicted molar refractivity (Wildman–Crippen MR) is 130 cm³/mol. The Balaban J connectivity index is 1.62. The molecule has 8 nitrogen and oxygen atoms in total. The minimum Gasteiger partial charge on any atom is -0.358 e. The molecule has 1 aromatic heterocycles. The third-order valence-corrected chi connectivity index (χ3v) is 6.49. The van der Waals surface area contributed by atoms with Crippen molar-refractivity contribution >= 4 is 40.7 Å². The van der Waals surface area contributed by atoms with E-state index >= 15 is 0 Å². The Morgan fingerprint density at radius 2 is 2.00 bits per heavy atom. The van der Waals surface area contributed by atoms with Gasteiger partial charge in [-0.3, -0.25) is 14.4 Å². The summed E-state index contributed by atoms with van der Waals surface area (Å²) in [5.74, 6) is -0.329. The fraction of sp³-hybridized carbons (Fsp3) is 0.400. The maximum Gasteiger partial charge on any atom is 0.256 e. The first-order valence-electron chi connectivity index (χ1n) is 11.5. The van der Waals surface area contributed by atoms with Crippen molar-refractivity contribution < 1.29 is 14.4 Å². The molecule has 3 amide bonds. The number of nitrogens with one attached hydrogen (secondary N) is 3. The Bertz CT molecular complexity index is 1140. The molecule has 1 aromatic carbocycles. The van der Waals surface area contributed by atoms with E-state index in [1.54, 1.807) is 24.3 Å². The predicted octanol–water partition coefficient (Wildman–Crippen LogP) is 3.11. The van der Waals surface area contributed by atoms with Crippen molar-refractivity contribution in [3.8, 4) is 0 Å². The Kier molecular flexibility index (Phi) is 6.37. The molecule has 2 aliphatic heterocycles. The number of carbonyl (C=O) groups excluding carboxylic acids is 3. The van der Waals surface area contributed by atoms with Gasteiger partial charge in [0.2, 0.25) is 5.91 Å². The Hall–Kier alpha value is -3.39. The third kappa shape index (κ3) is 4.43. The second-order valence-electron chi connectivity index (χ2n) is 8.54. The van der Waals surface area contributed by atoms with E-state index in [9.17, 15) is 14.4 Å². The van der Waals surface area contributed by atoms with Crippen LogP contribution in [-0.2, 0) is 16.0 Å². The van der Waals surface area contributed by atoms with Gasteiger partial charge in [-0.1, -0.05) is 13.8 Å². The van der Waals surface area contributed by atoms with E-state index in [4.69, 9.17) is 0 Å². The largest absolute Gasteiger partial charge is 0.358 e. The van der Waals surface area contributed by atoms with E-state index in [-0.39, 0.29) is 17.7 Å². The topological polar surface area (TPSA) is 97.5 Å². The highest BCUT2D eigenvalue weighted by Crippen LogP contribution is 2.36. The highest BCUT2D eigenvalue weighted by atomic mass is 16.2. The molecule has 33 heavy (non-hydrogen) atoms. The van der Waals surface area contributed by atoms with E-state index in [0.717, 1.165) is 54.1 Å². The minimum absolute atomic E-state index is 0.0472. The second kappa shape index (κ2) is 9.23. The van der Waals surface area contributed by atoms with E-state index in [1.807, 2.05) is 11.8 Å². The smallest absolute Gasteiger partial charge is 0.256 e.